The molecule has 1 N–H and O–H groups in total. The number of halogens is 3. The standard InChI is InChI=1S/C13H12F3NO2/c14-13(15,16)5-1-6-17-7-4-9-8-10(12(18)19)2-3-11(9)17/h2-4,7-8H,1,5-6H2,(H,18,19). The van der Waals surface area contributed by atoms with Crippen molar-refractivity contribution in [1.82, 2.24) is 4.57 Å². The van der Waals surface area contributed by atoms with E-state index < -0.39 is 18.6 Å². The summed E-state index contributed by atoms with van der Waals surface area (Å²) in [5.74, 6) is -1.02. The molecular weight excluding hydrogens is 259 g/mol. The maximum absolute atomic E-state index is 12.1. The normalized spacial score (nSPS) is 11.9. The summed E-state index contributed by atoms with van der Waals surface area (Å²) in [6, 6.07) is 6.28. The second kappa shape index (κ2) is 4.95. The van der Waals surface area contributed by atoms with Gasteiger partial charge in [0.2, 0.25) is 0 Å². The minimum Gasteiger partial charge on any atom is -0.478 e. The van der Waals surface area contributed by atoms with Crippen molar-refractivity contribution in [2.75, 3.05) is 0 Å². The molecule has 19 heavy (non-hydrogen) atoms. The SMILES string of the molecule is O=C(O)c1ccc2c(ccn2CCCC(F)(F)F)c1. The second-order valence-electron chi connectivity index (χ2n) is 4.31. The van der Waals surface area contributed by atoms with Crippen LogP contribution in [-0.2, 0) is 6.54 Å². The first kappa shape index (κ1) is 13.5. The molecule has 2 aromatic rings. The van der Waals surface area contributed by atoms with Crippen molar-refractivity contribution >= 4 is 16.9 Å². The van der Waals surface area contributed by atoms with Crippen molar-refractivity contribution in [3.05, 3.63) is 36.0 Å². The Morgan fingerprint density at radius 1 is 1.26 bits per heavy atom. The van der Waals surface area contributed by atoms with Gasteiger partial charge in [0.05, 0.1) is 5.56 Å². The van der Waals surface area contributed by atoms with Crippen molar-refractivity contribution in [3.8, 4) is 0 Å². The van der Waals surface area contributed by atoms with E-state index in [0.29, 0.717) is 5.39 Å². The lowest BCUT2D eigenvalue weighted by Crippen LogP contribution is -2.08. The first-order valence-electron chi connectivity index (χ1n) is 5.76. The topological polar surface area (TPSA) is 42.2 Å². The van der Waals surface area contributed by atoms with Gasteiger partial charge in [-0.1, -0.05) is 0 Å². The van der Waals surface area contributed by atoms with Crippen LogP contribution in [0.2, 0.25) is 0 Å². The zero-order chi connectivity index (χ0) is 14.0. The second-order valence-corrected chi connectivity index (χ2v) is 4.31. The number of hydrogen-bond donors (Lipinski definition) is 1. The lowest BCUT2D eigenvalue weighted by Gasteiger charge is -2.08. The number of rotatable bonds is 4. The molecule has 6 heteroatoms. The Bertz CT molecular complexity index is 601. The van der Waals surface area contributed by atoms with E-state index in [4.69, 9.17) is 5.11 Å². The van der Waals surface area contributed by atoms with Crippen LogP contribution in [0.1, 0.15) is 23.2 Å². The maximum Gasteiger partial charge on any atom is 0.389 e. The van der Waals surface area contributed by atoms with Gasteiger partial charge in [0.25, 0.3) is 0 Å². The van der Waals surface area contributed by atoms with Crippen molar-refractivity contribution in [2.45, 2.75) is 25.6 Å². The Kier molecular flexibility index (Phi) is 3.50. The predicted octanol–water partition coefficient (Wildman–Crippen LogP) is 3.68. The molecule has 0 atom stereocenters. The lowest BCUT2D eigenvalue weighted by atomic mass is 10.1. The summed E-state index contributed by atoms with van der Waals surface area (Å²) < 4.78 is 37.9. The molecule has 0 aliphatic rings. The van der Waals surface area contributed by atoms with Crippen LogP contribution >= 0.6 is 0 Å². The molecular formula is C13H12F3NO2. The Morgan fingerprint density at radius 2 is 2.00 bits per heavy atom. The average molecular weight is 271 g/mol. The quantitative estimate of drug-likeness (QED) is 0.921. The van der Waals surface area contributed by atoms with E-state index in [0.717, 1.165) is 5.52 Å². The molecule has 1 heterocycles. The van der Waals surface area contributed by atoms with Crippen LogP contribution in [0, 0.1) is 0 Å². The fraction of sp³-hybridized carbons (Fsp3) is 0.308. The van der Waals surface area contributed by atoms with Gasteiger partial charge in [-0.25, -0.2) is 4.79 Å². The van der Waals surface area contributed by atoms with E-state index in [9.17, 15) is 18.0 Å². The van der Waals surface area contributed by atoms with E-state index in [1.165, 1.54) is 12.1 Å². The minimum absolute atomic E-state index is 0.00790. The Morgan fingerprint density at radius 3 is 2.63 bits per heavy atom. The number of benzene rings is 1. The fourth-order valence-electron chi connectivity index (χ4n) is 1.98. The number of hydrogen-bond acceptors (Lipinski definition) is 1. The van der Waals surface area contributed by atoms with Crippen LogP contribution < -0.4 is 0 Å². The molecule has 0 fully saturated rings. The maximum atomic E-state index is 12.1. The number of aryl methyl sites for hydroxylation is 1. The van der Waals surface area contributed by atoms with Gasteiger partial charge in [0.1, 0.15) is 0 Å². The van der Waals surface area contributed by atoms with E-state index in [2.05, 4.69) is 0 Å². The van der Waals surface area contributed by atoms with Gasteiger partial charge in [-0.05, 0) is 30.7 Å². The van der Waals surface area contributed by atoms with Crippen LogP contribution in [0.4, 0.5) is 13.2 Å². The summed E-state index contributed by atoms with van der Waals surface area (Å²) in [5, 5.41) is 9.56. The van der Waals surface area contributed by atoms with Gasteiger partial charge in [-0.3, -0.25) is 0 Å². The molecule has 0 saturated heterocycles. The van der Waals surface area contributed by atoms with Crippen molar-refractivity contribution < 1.29 is 23.1 Å². The van der Waals surface area contributed by atoms with Crippen LogP contribution in [0.25, 0.3) is 10.9 Å². The number of aromatic carboxylic acids is 1. The molecule has 3 nitrogen and oxygen atoms in total. The first-order valence-corrected chi connectivity index (χ1v) is 5.76. The molecule has 0 aliphatic heterocycles. The lowest BCUT2D eigenvalue weighted by molar-refractivity contribution is -0.135. The predicted molar refractivity (Wildman–Crippen MR) is 64.2 cm³/mol. The Labute approximate surface area is 107 Å². The molecule has 0 aliphatic carbocycles. The summed E-state index contributed by atoms with van der Waals surface area (Å²) in [6.07, 6.45) is -3.28. The highest BCUT2D eigenvalue weighted by atomic mass is 19.4. The molecule has 0 bridgehead atoms. The molecule has 2 rings (SSSR count). The third-order valence-corrected chi connectivity index (χ3v) is 2.88. The van der Waals surface area contributed by atoms with Gasteiger partial charge in [0, 0.05) is 30.1 Å². The molecule has 102 valence electrons. The Balaban J connectivity index is 2.15. The van der Waals surface area contributed by atoms with E-state index in [1.807, 2.05) is 0 Å². The fourth-order valence-corrected chi connectivity index (χ4v) is 1.98. The molecule has 0 radical (unpaired) electrons. The number of carbonyl (C=O) groups is 1. The smallest absolute Gasteiger partial charge is 0.389 e. The highest BCUT2D eigenvalue weighted by molar-refractivity contribution is 5.93. The summed E-state index contributed by atoms with van der Waals surface area (Å²) in [5.41, 5.74) is 0.910. The van der Waals surface area contributed by atoms with Crippen LogP contribution in [-0.4, -0.2) is 21.8 Å². The van der Waals surface area contributed by atoms with Crippen molar-refractivity contribution in [1.29, 1.82) is 0 Å². The number of nitrogens with zero attached hydrogens (tertiary/aromatic N) is 1. The monoisotopic (exact) mass is 271 g/mol. The van der Waals surface area contributed by atoms with E-state index in [-0.39, 0.29) is 18.5 Å². The molecule has 0 unspecified atom stereocenters. The largest absolute Gasteiger partial charge is 0.478 e. The summed E-state index contributed by atoms with van der Waals surface area (Å²) >= 11 is 0. The number of carboxylic acids is 1. The number of alkyl halides is 3. The number of carboxylic acid groups (broad SMARTS) is 1. The molecule has 0 saturated carbocycles. The number of fused-ring (bicyclic) bond motifs is 1. The van der Waals surface area contributed by atoms with Crippen molar-refractivity contribution in [2.24, 2.45) is 0 Å². The highest BCUT2D eigenvalue weighted by Crippen LogP contribution is 2.23. The average Bonchev–Trinajstić information content (AvgIpc) is 2.70. The van der Waals surface area contributed by atoms with Crippen LogP contribution in [0.15, 0.2) is 30.5 Å². The van der Waals surface area contributed by atoms with E-state index >= 15 is 0 Å². The number of aromatic nitrogens is 1. The van der Waals surface area contributed by atoms with Gasteiger partial charge in [-0.15, -0.1) is 0 Å². The van der Waals surface area contributed by atoms with Crippen LogP contribution in [0.3, 0.4) is 0 Å². The van der Waals surface area contributed by atoms with E-state index in [1.54, 1.807) is 22.9 Å². The molecule has 0 amide bonds. The minimum atomic E-state index is -4.14. The third kappa shape index (κ3) is 3.27. The van der Waals surface area contributed by atoms with Crippen molar-refractivity contribution in [3.63, 3.8) is 0 Å². The van der Waals surface area contributed by atoms with Gasteiger partial charge in [0.15, 0.2) is 0 Å². The van der Waals surface area contributed by atoms with Gasteiger partial charge >= 0.3 is 12.1 Å². The zero-order valence-corrected chi connectivity index (χ0v) is 9.94. The summed E-state index contributed by atoms with van der Waals surface area (Å²) in [4.78, 5) is 10.8. The zero-order valence-electron chi connectivity index (χ0n) is 9.94. The molecule has 1 aromatic heterocycles. The van der Waals surface area contributed by atoms with Gasteiger partial charge < -0.3 is 9.67 Å². The Hall–Kier alpha value is -1.98. The highest BCUT2D eigenvalue weighted by Gasteiger charge is 2.26. The van der Waals surface area contributed by atoms with Crippen LogP contribution in [0.5, 0.6) is 0 Å². The first-order chi connectivity index (χ1) is 8.87. The summed E-state index contributed by atoms with van der Waals surface area (Å²) in [6.45, 7) is 0.259. The third-order valence-electron chi connectivity index (χ3n) is 2.88. The van der Waals surface area contributed by atoms with Gasteiger partial charge in [-0.2, -0.15) is 13.2 Å². The molecule has 0 spiro atoms. The summed E-state index contributed by atoms with van der Waals surface area (Å²) in [7, 11) is 0. The molecule has 1 aromatic carbocycles.